The first-order chi connectivity index (χ1) is 13.1. The van der Waals surface area contributed by atoms with Crippen molar-refractivity contribution in [3.63, 3.8) is 0 Å². The summed E-state index contributed by atoms with van der Waals surface area (Å²) >= 11 is 0. The third-order valence-corrected chi connectivity index (χ3v) is 5.49. The molecular formula is C19H25N5O3. The number of rotatable bonds is 4. The lowest BCUT2D eigenvalue weighted by Crippen LogP contribution is -2.41. The van der Waals surface area contributed by atoms with Gasteiger partial charge < -0.3 is 19.4 Å². The molecule has 2 bridgehead atoms. The van der Waals surface area contributed by atoms with Crippen molar-refractivity contribution in [3.8, 4) is 0 Å². The van der Waals surface area contributed by atoms with Crippen molar-refractivity contribution in [2.75, 3.05) is 18.0 Å². The number of anilines is 1. The van der Waals surface area contributed by atoms with Crippen LogP contribution in [0, 0.1) is 6.92 Å². The van der Waals surface area contributed by atoms with Gasteiger partial charge in [0.1, 0.15) is 18.2 Å². The maximum atomic E-state index is 12.9. The molecule has 1 amide bonds. The minimum Gasteiger partial charge on any atom is -0.388 e. The van der Waals surface area contributed by atoms with E-state index in [1.54, 1.807) is 6.07 Å². The van der Waals surface area contributed by atoms with E-state index in [1.165, 1.54) is 0 Å². The zero-order valence-electron chi connectivity index (χ0n) is 15.8. The molecule has 2 unspecified atom stereocenters. The zero-order valence-corrected chi connectivity index (χ0v) is 15.8. The van der Waals surface area contributed by atoms with Crippen molar-refractivity contribution < 1.29 is 14.4 Å². The van der Waals surface area contributed by atoms with Gasteiger partial charge in [-0.25, -0.2) is 9.97 Å². The van der Waals surface area contributed by atoms with Gasteiger partial charge in [0.25, 0.3) is 5.91 Å². The first kappa shape index (κ1) is 17.9. The first-order valence-corrected chi connectivity index (χ1v) is 9.57. The molecule has 2 aromatic heterocycles. The van der Waals surface area contributed by atoms with Gasteiger partial charge >= 0.3 is 0 Å². The van der Waals surface area contributed by atoms with Crippen molar-refractivity contribution in [1.82, 2.24) is 20.0 Å². The van der Waals surface area contributed by atoms with Gasteiger partial charge in [0.2, 0.25) is 0 Å². The van der Waals surface area contributed by atoms with Crippen LogP contribution in [-0.2, 0) is 13.0 Å². The zero-order chi connectivity index (χ0) is 19.0. The van der Waals surface area contributed by atoms with E-state index < -0.39 is 0 Å². The summed E-state index contributed by atoms with van der Waals surface area (Å²) in [4.78, 5) is 25.9. The van der Waals surface area contributed by atoms with Crippen molar-refractivity contribution in [2.45, 2.75) is 58.2 Å². The second-order valence-corrected chi connectivity index (χ2v) is 7.31. The fourth-order valence-electron chi connectivity index (χ4n) is 4.19. The second kappa shape index (κ2) is 7.26. The summed E-state index contributed by atoms with van der Waals surface area (Å²) in [5.74, 6) is 1.95. The summed E-state index contributed by atoms with van der Waals surface area (Å²) in [5, 5.41) is 13.4. The number of aromatic nitrogens is 3. The highest BCUT2D eigenvalue weighted by atomic mass is 16.5. The Hall–Kier alpha value is -2.48. The van der Waals surface area contributed by atoms with Crippen LogP contribution in [0.1, 0.15) is 54.0 Å². The van der Waals surface area contributed by atoms with Gasteiger partial charge in [-0.1, -0.05) is 12.1 Å². The molecular weight excluding hydrogens is 346 g/mol. The molecule has 2 fully saturated rings. The number of aliphatic hydroxyl groups excluding tert-OH is 1. The first-order valence-electron chi connectivity index (χ1n) is 9.57. The number of carbonyl (C=O) groups excluding carboxylic acids is 1. The Morgan fingerprint density at radius 2 is 2.07 bits per heavy atom. The summed E-state index contributed by atoms with van der Waals surface area (Å²) in [6.45, 7) is 5.05. The van der Waals surface area contributed by atoms with Gasteiger partial charge in [-0.15, -0.1) is 0 Å². The van der Waals surface area contributed by atoms with Gasteiger partial charge in [-0.05, 0) is 26.2 Å². The van der Waals surface area contributed by atoms with Gasteiger partial charge in [0, 0.05) is 49.4 Å². The number of nitrogens with zero attached hydrogens (tertiary/aromatic N) is 5. The Balaban J connectivity index is 1.57. The Morgan fingerprint density at radius 1 is 1.26 bits per heavy atom. The minimum atomic E-state index is -0.172. The molecule has 4 rings (SSSR count). The van der Waals surface area contributed by atoms with Crippen LogP contribution in [0.3, 0.4) is 0 Å². The van der Waals surface area contributed by atoms with Crippen LogP contribution in [0.2, 0.25) is 0 Å². The van der Waals surface area contributed by atoms with E-state index in [1.807, 2.05) is 24.8 Å². The second-order valence-electron chi connectivity index (χ2n) is 7.31. The average Bonchev–Trinajstić information content (AvgIpc) is 3.24. The number of amides is 1. The van der Waals surface area contributed by atoms with E-state index in [-0.39, 0.29) is 18.6 Å². The standard InChI is InChI=1S/C19H25N5O3/c1-3-15-9-16(22-27-15)19(26)23-7-6-13-4-5-14(10-23)24(13)18-8-12(2)20-17(11-25)21-18/h8-9,13-14,25H,3-7,10-11H2,1-2H3. The number of likely N-dealkylation sites (tertiary alicyclic amines) is 1. The van der Waals surface area contributed by atoms with Crippen LogP contribution in [0.4, 0.5) is 5.82 Å². The highest BCUT2D eigenvalue weighted by molar-refractivity contribution is 5.92. The molecule has 2 aromatic rings. The molecule has 0 radical (unpaired) electrons. The normalized spacial score (nSPS) is 22.2. The highest BCUT2D eigenvalue weighted by Gasteiger charge is 2.39. The molecule has 1 N–H and O–H groups in total. The van der Waals surface area contributed by atoms with Crippen molar-refractivity contribution in [1.29, 1.82) is 0 Å². The molecule has 4 heterocycles. The number of hydrogen-bond acceptors (Lipinski definition) is 7. The summed E-state index contributed by atoms with van der Waals surface area (Å²) in [7, 11) is 0. The molecule has 8 nitrogen and oxygen atoms in total. The summed E-state index contributed by atoms with van der Waals surface area (Å²) < 4.78 is 5.20. The van der Waals surface area contributed by atoms with Crippen molar-refractivity contribution in [2.24, 2.45) is 0 Å². The minimum absolute atomic E-state index is 0.0686. The lowest BCUT2D eigenvalue weighted by Gasteiger charge is -2.30. The largest absolute Gasteiger partial charge is 0.388 e. The quantitative estimate of drug-likeness (QED) is 0.874. The monoisotopic (exact) mass is 371 g/mol. The Labute approximate surface area is 158 Å². The molecule has 0 aliphatic carbocycles. The molecule has 2 atom stereocenters. The number of hydrogen-bond donors (Lipinski definition) is 1. The van der Waals surface area contributed by atoms with Crippen LogP contribution in [0.5, 0.6) is 0 Å². The van der Waals surface area contributed by atoms with E-state index in [0.717, 1.165) is 43.0 Å². The maximum absolute atomic E-state index is 12.9. The summed E-state index contributed by atoms with van der Waals surface area (Å²) in [5.41, 5.74) is 1.23. The molecule has 144 valence electrons. The lowest BCUT2D eigenvalue weighted by atomic mass is 10.1. The Morgan fingerprint density at radius 3 is 2.81 bits per heavy atom. The van der Waals surface area contributed by atoms with Crippen LogP contribution >= 0.6 is 0 Å². The third-order valence-electron chi connectivity index (χ3n) is 5.49. The van der Waals surface area contributed by atoms with E-state index in [9.17, 15) is 9.90 Å². The number of carbonyl (C=O) groups is 1. The van der Waals surface area contributed by atoms with Crippen molar-refractivity contribution in [3.05, 3.63) is 35.1 Å². The molecule has 0 saturated carbocycles. The third kappa shape index (κ3) is 3.41. The van der Waals surface area contributed by atoms with Gasteiger partial charge in [0.05, 0.1) is 0 Å². The Bertz CT molecular complexity index is 837. The van der Waals surface area contributed by atoms with Crippen LogP contribution in [0.15, 0.2) is 16.7 Å². The molecule has 2 aliphatic rings. The van der Waals surface area contributed by atoms with Crippen LogP contribution < -0.4 is 4.90 Å². The predicted molar refractivity (Wildman–Crippen MR) is 98.4 cm³/mol. The SMILES string of the molecule is CCc1cc(C(=O)N2CCC3CCC(C2)N3c2cc(C)nc(CO)n2)no1. The lowest BCUT2D eigenvalue weighted by molar-refractivity contribution is 0.0738. The van der Waals surface area contributed by atoms with Gasteiger partial charge in [0.15, 0.2) is 11.5 Å². The van der Waals surface area contributed by atoms with E-state index in [4.69, 9.17) is 4.52 Å². The summed E-state index contributed by atoms with van der Waals surface area (Å²) in [6.07, 6.45) is 3.72. The van der Waals surface area contributed by atoms with E-state index >= 15 is 0 Å². The topological polar surface area (TPSA) is 95.6 Å². The van der Waals surface area contributed by atoms with Gasteiger partial charge in [-0.2, -0.15) is 0 Å². The Kier molecular flexibility index (Phi) is 4.82. The molecule has 0 spiro atoms. The highest BCUT2D eigenvalue weighted by Crippen LogP contribution is 2.34. The summed E-state index contributed by atoms with van der Waals surface area (Å²) in [6, 6.07) is 4.26. The van der Waals surface area contributed by atoms with E-state index in [0.29, 0.717) is 30.6 Å². The van der Waals surface area contributed by atoms with Gasteiger partial charge in [-0.3, -0.25) is 4.79 Å². The average molecular weight is 371 g/mol. The van der Waals surface area contributed by atoms with E-state index in [2.05, 4.69) is 20.0 Å². The number of aliphatic hydroxyl groups is 1. The predicted octanol–water partition coefficient (Wildman–Crippen LogP) is 1.71. The molecule has 2 aliphatic heterocycles. The van der Waals surface area contributed by atoms with Crippen molar-refractivity contribution >= 4 is 11.7 Å². The smallest absolute Gasteiger partial charge is 0.276 e. The van der Waals surface area contributed by atoms with Crippen LogP contribution in [-0.4, -0.2) is 56.2 Å². The fourth-order valence-corrected chi connectivity index (χ4v) is 4.19. The molecule has 2 saturated heterocycles. The number of fused-ring (bicyclic) bond motifs is 2. The fraction of sp³-hybridized carbons (Fsp3) is 0.579. The molecule has 0 aromatic carbocycles. The number of aryl methyl sites for hydroxylation is 2. The molecule has 27 heavy (non-hydrogen) atoms. The maximum Gasteiger partial charge on any atom is 0.276 e. The van der Waals surface area contributed by atoms with Crippen LogP contribution in [0.25, 0.3) is 0 Å². The molecule has 8 heteroatoms.